The fourth-order valence-electron chi connectivity index (χ4n) is 2.47. The number of nitrogens with zero attached hydrogens (tertiary/aromatic N) is 1. The van der Waals surface area contributed by atoms with Gasteiger partial charge in [-0.25, -0.2) is 0 Å². The molecule has 16 heavy (non-hydrogen) atoms. The molecule has 0 aromatic heterocycles. The third-order valence-corrected chi connectivity index (χ3v) is 5.08. The van der Waals surface area contributed by atoms with Gasteiger partial charge in [-0.15, -0.1) is 0 Å². The van der Waals surface area contributed by atoms with E-state index in [9.17, 15) is 5.11 Å². The maximum Gasteiger partial charge on any atom is 0.0621 e. The Labute approximate surface area is 103 Å². The van der Waals surface area contributed by atoms with E-state index in [-0.39, 0.29) is 11.5 Å². The second-order valence-corrected chi connectivity index (χ2v) is 6.76. The highest BCUT2D eigenvalue weighted by Crippen LogP contribution is 2.40. The molecule has 1 saturated carbocycles. The van der Waals surface area contributed by atoms with Gasteiger partial charge in [0, 0.05) is 49.1 Å². The monoisotopic (exact) mass is 244 g/mol. The first-order valence-corrected chi connectivity index (χ1v) is 7.48. The van der Waals surface area contributed by atoms with E-state index >= 15 is 0 Å². The van der Waals surface area contributed by atoms with Crippen LogP contribution in [-0.2, 0) is 0 Å². The predicted molar refractivity (Wildman–Crippen MR) is 70.0 cm³/mol. The van der Waals surface area contributed by atoms with Gasteiger partial charge in [0.05, 0.1) is 6.10 Å². The lowest BCUT2D eigenvalue weighted by Gasteiger charge is -2.50. The van der Waals surface area contributed by atoms with Crippen LogP contribution in [0.2, 0.25) is 0 Å². The van der Waals surface area contributed by atoms with Gasteiger partial charge >= 0.3 is 0 Å². The van der Waals surface area contributed by atoms with Crippen molar-refractivity contribution in [3.63, 3.8) is 0 Å². The summed E-state index contributed by atoms with van der Waals surface area (Å²) >= 11 is 2.06. The van der Waals surface area contributed by atoms with Crippen molar-refractivity contribution in [2.24, 2.45) is 5.41 Å². The predicted octanol–water partition coefficient (Wildman–Crippen LogP) is 0.784. The summed E-state index contributed by atoms with van der Waals surface area (Å²) < 4.78 is 0. The third kappa shape index (κ3) is 2.73. The Morgan fingerprint density at radius 1 is 1.38 bits per heavy atom. The van der Waals surface area contributed by atoms with Crippen LogP contribution in [-0.4, -0.2) is 59.8 Å². The molecular weight excluding hydrogens is 220 g/mol. The Hall–Kier alpha value is 0.230. The topological polar surface area (TPSA) is 35.5 Å². The largest absolute Gasteiger partial charge is 0.392 e. The molecule has 1 heterocycles. The van der Waals surface area contributed by atoms with Gasteiger partial charge in [0.2, 0.25) is 0 Å². The van der Waals surface area contributed by atoms with Gasteiger partial charge in [-0.05, 0) is 6.42 Å². The molecule has 2 unspecified atom stereocenters. The van der Waals surface area contributed by atoms with E-state index in [0.29, 0.717) is 6.04 Å². The molecule has 2 N–H and O–H groups in total. The van der Waals surface area contributed by atoms with Crippen LogP contribution in [0.4, 0.5) is 0 Å². The van der Waals surface area contributed by atoms with E-state index in [1.807, 2.05) is 0 Å². The summed E-state index contributed by atoms with van der Waals surface area (Å²) in [5, 5.41) is 13.2. The number of hydrogen-bond donors (Lipinski definition) is 2. The summed E-state index contributed by atoms with van der Waals surface area (Å²) in [5.41, 5.74) is 0.0672. The smallest absolute Gasteiger partial charge is 0.0621 e. The molecule has 3 nitrogen and oxygen atoms in total. The van der Waals surface area contributed by atoms with Crippen LogP contribution in [0, 0.1) is 5.41 Å². The van der Waals surface area contributed by atoms with Gasteiger partial charge in [-0.3, -0.25) is 0 Å². The van der Waals surface area contributed by atoms with Gasteiger partial charge in [0.25, 0.3) is 0 Å². The summed E-state index contributed by atoms with van der Waals surface area (Å²) in [6, 6.07) is 0.502. The zero-order chi connectivity index (χ0) is 11.6. The maximum absolute atomic E-state index is 9.64. The summed E-state index contributed by atoms with van der Waals surface area (Å²) in [6.45, 7) is 8.99. The van der Waals surface area contributed by atoms with Crippen molar-refractivity contribution in [1.29, 1.82) is 0 Å². The normalized spacial score (nSPS) is 34.7. The highest BCUT2D eigenvalue weighted by Gasteiger charge is 2.46. The van der Waals surface area contributed by atoms with E-state index in [2.05, 4.69) is 35.8 Å². The van der Waals surface area contributed by atoms with Crippen LogP contribution in [0.25, 0.3) is 0 Å². The molecular formula is C12H24N2OS. The van der Waals surface area contributed by atoms with E-state index in [0.717, 1.165) is 19.5 Å². The molecule has 2 atom stereocenters. The molecule has 0 radical (unpaired) electrons. The van der Waals surface area contributed by atoms with Crippen LogP contribution in [0.1, 0.15) is 20.3 Å². The first kappa shape index (κ1) is 12.7. The standard InChI is InChI=1S/C12H24N2OS/c1-12(2)10(9-11(12)15)13-3-4-14-5-7-16-8-6-14/h10-11,13,15H,3-9H2,1-2H3. The summed E-state index contributed by atoms with van der Waals surface area (Å²) in [6.07, 6.45) is 0.805. The summed E-state index contributed by atoms with van der Waals surface area (Å²) in [4.78, 5) is 2.53. The van der Waals surface area contributed by atoms with Crippen molar-refractivity contribution in [2.75, 3.05) is 37.7 Å². The lowest BCUT2D eigenvalue weighted by Crippen LogP contribution is -2.60. The van der Waals surface area contributed by atoms with Gasteiger partial charge in [0.15, 0.2) is 0 Å². The molecule has 4 heteroatoms. The molecule has 0 aromatic rings. The zero-order valence-electron chi connectivity index (χ0n) is 10.4. The SMILES string of the molecule is CC1(C)C(O)CC1NCCN1CCSCC1. The second kappa shape index (κ2) is 5.25. The van der Waals surface area contributed by atoms with Crippen LogP contribution in [0.5, 0.6) is 0 Å². The van der Waals surface area contributed by atoms with Crippen LogP contribution in [0.3, 0.4) is 0 Å². The molecule has 0 amide bonds. The molecule has 1 aliphatic carbocycles. The van der Waals surface area contributed by atoms with Crippen molar-refractivity contribution in [1.82, 2.24) is 10.2 Å². The lowest BCUT2D eigenvalue weighted by atomic mass is 9.64. The van der Waals surface area contributed by atoms with Crippen molar-refractivity contribution < 1.29 is 5.11 Å². The quantitative estimate of drug-likeness (QED) is 0.766. The number of hydrogen-bond acceptors (Lipinski definition) is 4. The number of rotatable bonds is 4. The Morgan fingerprint density at radius 2 is 2.06 bits per heavy atom. The van der Waals surface area contributed by atoms with Crippen LogP contribution < -0.4 is 5.32 Å². The number of aliphatic hydroxyl groups excluding tert-OH is 1. The highest BCUT2D eigenvalue weighted by atomic mass is 32.2. The van der Waals surface area contributed by atoms with Crippen LogP contribution in [0.15, 0.2) is 0 Å². The fraction of sp³-hybridized carbons (Fsp3) is 1.00. The van der Waals surface area contributed by atoms with Gasteiger partial charge in [-0.1, -0.05) is 13.8 Å². The zero-order valence-corrected chi connectivity index (χ0v) is 11.2. The fourth-order valence-corrected chi connectivity index (χ4v) is 3.45. The average Bonchev–Trinajstić information content (AvgIpc) is 2.29. The molecule has 2 fully saturated rings. The minimum Gasteiger partial charge on any atom is -0.392 e. The first-order valence-electron chi connectivity index (χ1n) is 6.32. The summed E-state index contributed by atoms with van der Waals surface area (Å²) in [7, 11) is 0. The Morgan fingerprint density at radius 3 is 2.62 bits per heavy atom. The average molecular weight is 244 g/mol. The Kier molecular flexibility index (Phi) is 4.16. The third-order valence-electron chi connectivity index (χ3n) is 4.14. The van der Waals surface area contributed by atoms with Crippen molar-refractivity contribution in [2.45, 2.75) is 32.4 Å². The van der Waals surface area contributed by atoms with Crippen molar-refractivity contribution in [3.05, 3.63) is 0 Å². The van der Waals surface area contributed by atoms with Crippen molar-refractivity contribution in [3.8, 4) is 0 Å². The molecule has 1 saturated heterocycles. The minimum absolute atomic E-state index is 0.0672. The number of aliphatic hydroxyl groups is 1. The molecule has 0 bridgehead atoms. The van der Waals surface area contributed by atoms with E-state index in [1.54, 1.807) is 0 Å². The molecule has 1 aliphatic heterocycles. The summed E-state index contributed by atoms with van der Waals surface area (Å²) in [5.74, 6) is 2.57. The maximum atomic E-state index is 9.64. The Bertz CT molecular complexity index is 229. The van der Waals surface area contributed by atoms with Crippen LogP contribution >= 0.6 is 11.8 Å². The second-order valence-electron chi connectivity index (χ2n) is 5.53. The highest BCUT2D eigenvalue weighted by molar-refractivity contribution is 7.99. The van der Waals surface area contributed by atoms with Gasteiger partial charge in [-0.2, -0.15) is 11.8 Å². The molecule has 94 valence electrons. The van der Waals surface area contributed by atoms with Crippen molar-refractivity contribution >= 4 is 11.8 Å². The molecule has 0 spiro atoms. The van der Waals surface area contributed by atoms with E-state index in [4.69, 9.17) is 0 Å². The number of thioether (sulfide) groups is 1. The van der Waals surface area contributed by atoms with Gasteiger partial charge in [0.1, 0.15) is 0 Å². The molecule has 0 aromatic carbocycles. The molecule has 2 aliphatic rings. The first-order chi connectivity index (χ1) is 7.60. The lowest BCUT2D eigenvalue weighted by molar-refractivity contribution is -0.0725. The van der Waals surface area contributed by atoms with E-state index in [1.165, 1.54) is 24.6 Å². The minimum atomic E-state index is -0.114. The van der Waals surface area contributed by atoms with E-state index < -0.39 is 0 Å². The number of nitrogens with one attached hydrogen (secondary N) is 1. The molecule has 2 rings (SSSR count). The van der Waals surface area contributed by atoms with Gasteiger partial charge < -0.3 is 15.3 Å². The Balaban J connectivity index is 1.61.